The van der Waals surface area contributed by atoms with E-state index in [4.69, 9.17) is 4.74 Å². The van der Waals surface area contributed by atoms with Crippen LogP contribution in [0, 0.1) is 0 Å². The first-order valence-corrected chi connectivity index (χ1v) is 4.46. The van der Waals surface area contributed by atoms with Gasteiger partial charge in [0.2, 0.25) is 0 Å². The summed E-state index contributed by atoms with van der Waals surface area (Å²) in [4.78, 5) is 2.57. The summed E-state index contributed by atoms with van der Waals surface area (Å²) in [6, 6.07) is 0.708. The third-order valence-corrected chi connectivity index (χ3v) is 2.76. The van der Waals surface area contributed by atoms with Crippen LogP contribution < -0.4 is 0 Å². The standard InChI is InChI=1S/C9H17NO/c1-9(2,3)10-5-8-4-7(10)6-11-8/h7-8H,4-6H2,1-3H3/t7-,8+/m0/s1. The zero-order valence-electron chi connectivity index (χ0n) is 7.63. The Labute approximate surface area is 68.5 Å². The van der Waals surface area contributed by atoms with Gasteiger partial charge >= 0.3 is 0 Å². The second kappa shape index (κ2) is 2.20. The highest BCUT2D eigenvalue weighted by Crippen LogP contribution is 2.33. The number of nitrogens with zero attached hydrogens (tertiary/aromatic N) is 1. The fraction of sp³-hybridized carbons (Fsp3) is 1.00. The molecule has 2 heteroatoms. The molecule has 2 aliphatic heterocycles. The van der Waals surface area contributed by atoms with Gasteiger partial charge in [0.05, 0.1) is 12.7 Å². The van der Waals surface area contributed by atoms with Gasteiger partial charge in [0.25, 0.3) is 0 Å². The molecule has 0 spiro atoms. The molecule has 0 aromatic heterocycles. The van der Waals surface area contributed by atoms with Gasteiger partial charge in [-0.05, 0) is 27.2 Å². The summed E-state index contributed by atoms with van der Waals surface area (Å²) in [5.74, 6) is 0. The Morgan fingerprint density at radius 2 is 2.09 bits per heavy atom. The average Bonchev–Trinajstić information content (AvgIpc) is 2.42. The summed E-state index contributed by atoms with van der Waals surface area (Å²) in [6.07, 6.45) is 1.80. The van der Waals surface area contributed by atoms with E-state index < -0.39 is 0 Å². The maximum Gasteiger partial charge on any atom is 0.0718 e. The van der Waals surface area contributed by atoms with Crippen LogP contribution in [0.25, 0.3) is 0 Å². The van der Waals surface area contributed by atoms with Crippen molar-refractivity contribution in [1.29, 1.82) is 0 Å². The van der Waals surface area contributed by atoms with Gasteiger partial charge < -0.3 is 4.74 Å². The summed E-state index contributed by atoms with van der Waals surface area (Å²) >= 11 is 0. The van der Waals surface area contributed by atoms with E-state index in [1.807, 2.05) is 0 Å². The Hall–Kier alpha value is -0.0800. The van der Waals surface area contributed by atoms with E-state index in [1.54, 1.807) is 0 Å². The van der Waals surface area contributed by atoms with Crippen molar-refractivity contribution in [3.8, 4) is 0 Å². The van der Waals surface area contributed by atoms with Gasteiger partial charge in [-0.15, -0.1) is 0 Å². The minimum atomic E-state index is 0.337. The van der Waals surface area contributed by atoms with Crippen LogP contribution in [0.1, 0.15) is 27.2 Å². The normalized spacial score (nSPS) is 38.5. The molecule has 2 aliphatic rings. The second-order valence-corrected chi connectivity index (χ2v) is 4.67. The number of likely N-dealkylation sites (tertiary alicyclic amines) is 1. The van der Waals surface area contributed by atoms with Gasteiger partial charge in [-0.1, -0.05) is 0 Å². The van der Waals surface area contributed by atoms with E-state index in [2.05, 4.69) is 25.7 Å². The SMILES string of the molecule is CC(C)(C)N1C[C@H]2C[C@H]1CO2. The van der Waals surface area contributed by atoms with Crippen molar-refractivity contribution < 1.29 is 4.74 Å². The Morgan fingerprint density at radius 1 is 1.36 bits per heavy atom. The van der Waals surface area contributed by atoms with Crippen molar-refractivity contribution in [2.24, 2.45) is 0 Å². The third-order valence-electron chi connectivity index (χ3n) is 2.76. The van der Waals surface area contributed by atoms with Crippen molar-refractivity contribution >= 4 is 0 Å². The summed E-state index contributed by atoms with van der Waals surface area (Å²) in [5.41, 5.74) is 0.337. The highest BCUT2D eigenvalue weighted by molar-refractivity contribution is 4.96. The van der Waals surface area contributed by atoms with E-state index in [0.29, 0.717) is 17.7 Å². The Bertz CT molecular complexity index is 161. The van der Waals surface area contributed by atoms with Crippen LogP contribution in [0.5, 0.6) is 0 Å². The predicted molar refractivity (Wildman–Crippen MR) is 44.6 cm³/mol. The number of fused-ring (bicyclic) bond motifs is 2. The highest BCUT2D eigenvalue weighted by atomic mass is 16.5. The smallest absolute Gasteiger partial charge is 0.0718 e. The lowest BCUT2D eigenvalue weighted by molar-refractivity contribution is -0.00804. The van der Waals surface area contributed by atoms with Crippen molar-refractivity contribution in [2.45, 2.75) is 44.9 Å². The molecule has 0 unspecified atom stereocenters. The van der Waals surface area contributed by atoms with Crippen LogP contribution in [0.4, 0.5) is 0 Å². The highest BCUT2D eigenvalue weighted by Gasteiger charge is 2.43. The first-order valence-electron chi connectivity index (χ1n) is 4.46. The zero-order valence-corrected chi connectivity index (χ0v) is 7.63. The number of rotatable bonds is 0. The summed E-state index contributed by atoms with van der Waals surface area (Å²) in [7, 11) is 0. The number of hydrogen-bond donors (Lipinski definition) is 0. The minimum Gasteiger partial charge on any atom is -0.375 e. The summed E-state index contributed by atoms with van der Waals surface area (Å²) in [6.45, 7) is 8.96. The Balaban J connectivity index is 2.08. The van der Waals surface area contributed by atoms with Gasteiger partial charge in [-0.25, -0.2) is 0 Å². The largest absolute Gasteiger partial charge is 0.375 e. The lowest BCUT2D eigenvalue weighted by Crippen LogP contribution is -2.48. The summed E-state index contributed by atoms with van der Waals surface area (Å²) in [5, 5.41) is 0. The Kier molecular flexibility index (Phi) is 1.52. The average molecular weight is 155 g/mol. The molecule has 2 heterocycles. The quantitative estimate of drug-likeness (QED) is 0.522. The fourth-order valence-electron chi connectivity index (χ4n) is 2.22. The molecule has 0 aromatic carbocycles. The van der Waals surface area contributed by atoms with Crippen LogP contribution in [0.2, 0.25) is 0 Å². The maximum absolute atomic E-state index is 5.54. The second-order valence-electron chi connectivity index (χ2n) is 4.67. The van der Waals surface area contributed by atoms with Crippen LogP contribution in [-0.2, 0) is 4.74 Å². The summed E-state index contributed by atoms with van der Waals surface area (Å²) < 4.78 is 5.54. The number of morpholine rings is 1. The van der Waals surface area contributed by atoms with Gasteiger partial charge in [-0.2, -0.15) is 0 Å². The zero-order chi connectivity index (χ0) is 8.06. The molecule has 2 rings (SSSR count). The van der Waals surface area contributed by atoms with E-state index in [9.17, 15) is 0 Å². The molecular weight excluding hydrogens is 138 g/mol. The number of ether oxygens (including phenoxy) is 1. The van der Waals surface area contributed by atoms with E-state index >= 15 is 0 Å². The molecule has 64 valence electrons. The molecule has 2 nitrogen and oxygen atoms in total. The molecule has 0 aromatic rings. The fourth-order valence-corrected chi connectivity index (χ4v) is 2.22. The maximum atomic E-state index is 5.54. The van der Waals surface area contributed by atoms with Crippen molar-refractivity contribution in [2.75, 3.05) is 13.2 Å². The van der Waals surface area contributed by atoms with Crippen LogP contribution in [0.15, 0.2) is 0 Å². The topological polar surface area (TPSA) is 12.5 Å². The molecule has 0 N–H and O–H groups in total. The van der Waals surface area contributed by atoms with Crippen molar-refractivity contribution in [3.63, 3.8) is 0 Å². The van der Waals surface area contributed by atoms with Crippen LogP contribution in [0.3, 0.4) is 0 Å². The van der Waals surface area contributed by atoms with Gasteiger partial charge in [-0.3, -0.25) is 4.90 Å². The monoisotopic (exact) mass is 155 g/mol. The molecule has 0 saturated carbocycles. The lowest BCUT2D eigenvalue weighted by atomic mass is 10.1. The van der Waals surface area contributed by atoms with E-state index in [0.717, 1.165) is 13.2 Å². The Morgan fingerprint density at radius 3 is 2.36 bits per heavy atom. The molecule has 2 bridgehead atoms. The number of hydrogen-bond acceptors (Lipinski definition) is 2. The van der Waals surface area contributed by atoms with Crippen molar-refractivity contribution in [3.05, 3.63) is 0 Å². The van der Waals surface area contributed by atoms with E-state index in [-0.39, 0.29) is 0 Å². The molecule has 0 amide bonds. The lowest BCUT2D eigenvalue weighted by Gasteiger charge is -2.38. The third kappa shape index (κ3) is 1.18. The van der Waals surface area contributed by atoms with Crippen molar-refractivity contribution in [1.82, 2.24) is 4.90 Å². The predicted octanol–water partition coefficient (Wildman–Crippen LogP) is 1.26. The minimum absolute atomic E-state index is 0.337. The molecular formula is C9H17NO. The molecule has 0 aliphatic carbocycles. The molecule has 2 saturated heterocycles. The van der Waals surface area contributed by atoms with Crippen LogP contribution in [-0.4, -0.2) is 35.7 Å². The van der Waals surface area contributed by atoms with E-state index in [1.165, 1.54) is 6.42 Å². The van der Waals surface area contributed by atoms with Gasteiger partial charge in [0.15, 0.2) is 0 Å². The first-order chi connectivity index (χ1) is 5.07. The van der Waals surface area contributed by atoms with Crippen LogP contribution >= 0.6 is 0 Å². The van der Waals surface area contributed by atoms with Gasteiger partial charge in [0.1, 0.15) is 0 Å². The first kappa shape index (κ1) is 7.56. The molecule has 11 heavy (non-hydrogen) atoms. The molecule has 0 radical (unpaired) electrons. The molecule has 2 fully saturated rings. The molecule has 2 atom stereocenters. The van der Waals surface area contributed by atoms with Gasteiger partial charge in [0, 0.05) is 18.1 Å².